The molecular weight excluding hydrogens is 370 g/mol. The van der Waals surface area contributed by atoms with Crippen LogP contribution in [0, 0.1) is 0 Å². The maximum absolute atomic E-state index is 11.6. The van der Waals surface area contributed by atoms with E-state index in [1.54, 1.807) is 12.1 Å². The molecule has 0 bridgehead atoms. The first-order valence-corrected chi connectivity index (χ1v) is 7.62. The van der Waals surface area contributed by atoms with Crippen LogP contribution in [0.15, 0.2) is 36.4 Å². The highest BCUT2D eigenvalue weighted by molar-refractivity contribution is 6.34. The second kappa shape index (κ2) is 8.64. The molecule has 0 aromatic heterocycles. The summed E-state index contributed by atoms with van der Waals surface area (Å²) < 4.78 is 19.8. The number of ether oxygens (including phenoxy) is 2. The largest absolute Gasteiger partial charge is 0.658 e. The third kappa shape index (κ3) is 4.81. The summed E-state index contributed by atoms with van der Waals surface area (Å²) in [6, 6.07) is 8.92. The van der Waals surface area contributed by atoms with Gasteiger partial charge in [-0.1, -0.05) is 23.2 Å². The number of halogens is 2. The van der Waals surface area contributed by atoms with E-state index in [0.29, 0.717) is 11.5 Å². The standard InChI is InChI=1S/C16H12BCl2O6/c1-22-15(20)11-7-9(3-5-13(11)18)24-17-25-10-4-6-14(19)12(8-10)16(21)23-2/h3-8H,1-2H3. The van der Waals surface area contributed by atoms with Gasteiger partial charge in [0.2, 0.25) is 0 Å². The fraction of sp³-hybridized carbons (Fsp3) is 0.125. The molecule has 0 spiro atoms. The second-order valence-electron chi connectivity index (χ2n) is 4.60. The zero-order valence-electron chi connectivity index (χ0n) is 13.2. The van der Waals surface area contributed by atoms with Gasteiger partial charge in [0.1, 0.15) is 11.5 Å². The molecule has 6 nitrogen and oxygen atoms in total. The highest BCUT2D eigenvalue weighted by atomic mass is 35.5. The number of rotatable bonds is 6. The van der Waals surface area contributed by atoms with E-state index in [2.05, 4.69) is 9.47 Å². The Morgan fingerprint density at radius 3 is 1.56 bits per heavy atom. The average molecular weight is 382 g/mol. The molecule has 2 rings (SSSR count). The van der Waals surface area contributed by atoms with Crippen LogP contribution in [-0.2, 0) is 9.47 Å². The van der Waals surface area contributed by atoms with E-state index >= 15 is 0 Å². The Hall–Kier alpha value is -2.38. The Kier molecular flexibility index (Phi) is 6.55. The van der Waals surface area contributed by atoms with Crippen LogP contribution in [0.3, 0.4) is 0 Å². The minimum Gasteiger partial charge on any atom is -0.526 e. The number of hydrogen-bond donors (Lipinski definition) is 0. The molecule has 0 atom stereocenters. The van der Waals surface area contributed by atoms with Crippen molar-refractivity contribution >= 4 is 42.8 Å². The molecule has 0 unspecified atom stereocenters. The quantitative estimate of drug-likeness (QED) is 0.562. The maximum Gasteiger partial charge on any atom is 0.658 e. The van der Waals surface area contributed by atoms with E-state index in [4.69, 9.17) is 32.5 Å². The van der Waals surface area contributed by atoms with Crippen LogP contribution >= 0.6 is 23.2 Å². The molecule has 25 heavy (non-hydrogen) atoms. The third-order valence-electron chi connectivity index (χ3n) is 3.05. The number of hydrogen-bond acceptors (Lipinski definition) is 6. The maximum atomic E-state index is 11.6. The molecule has 2 aromatic carbocycles. The molecule has 2 aromatic rings. The zero-order chi connectivity index (χ0) is 18.4. The Labute approximate surface area is 154 Å². The highest BCUT2D eigenvalue weighted by Crippen LogP contribution is 2.24. The lowest BCUT2D eigenvalue weighted by Crippen LogP contribution is -2.12. The van der Waals surface area contributed by atoms with Crippen molar-refractivity contribution in [2.45, 2.75) is 0 Å². The van der Waals surface area contributed by atoms with Gasteiger partial charge in [-0.25, -0.2) is 9.59 Å². The minimum absolute atomic E-state index is 0.162. The van der Waals surface area contributed by atoms with Crippen LogP contribution < -0.4 is 9.31 Å². The van der Waals surface area contributed by atoms with Crippen molar-refractivity contribution in [3.8, 4) is 11.5 Å². The molecule has 9 heteroatoms. The number of esters is 2. The Bertz CT molecular complexity index is 731. The van der Waals surface area contributed by atoms with Crippen LogP contribution in [0.4, 0.5) is 0 Å². The summed E-state index contributed by atoms with van der Waals surface area (Å²) in [7, 11) is 3.54. The zero-order valence-corrected chi connectivity index (χ0v) is 14.8. The van der Waals surface area contributed by atoms with Gasteiger partial charge < -0.3 is 18.8 Å². The van der Waals surface area contributed by atoms with Crippen molar-refractivity contribution in [3.05, 3.63) is 57.6 Å². The first-order valence-electron chi connectivity index (χ1n) is 6.87. The molecule has 0 aliphatic heterocycles. The molecule has 0 aliphatic rings. The number of benzene rings is 2. The van der Waals surface area contributed by atoms with Gasteiger partial charge in [-0.15, -0.1) is 0 Å². The van der Waals surface area contributed by atoms with E-state index in [1.807, 2.05) is 0 Å². The molecule has 0 amide bonds. The van der Waals surface area contributed by atoms with Gasteiger partial charge in [0.25, 0.3) is 0 Å². The summed E-state index contributed by atoms with van der Waals surface area (Å²) in [5.41, 5.74) is 0.323. The van der Waals surface area contributed by atoms with Crippen molar-refractivity contribution < 1.29 is 28.4 Å². The van der Waals surface area contributed by atoms with Gasteiger partial charge in [0.15, 0.2) is 0 Å². The molecule has 0 saturated heterocycles. The van der Waals surface area contributed by atoms with Gasteiger partial charge in [0.05, 0.1) is 35.4 Å². The van der Waals surface area contributed by atoms with E-state index in [0.717, 1.165) is 7.69 Å². The lowest BCUT2D eigenvalue weighted by atomic mass is 10.2. The molecule has 0 fully saturated rings. The summed E-state index contributed by atoms with van der Waals surface area (Å²) >= 11 is 11.8. The molecule has 0 aliphatic carbocycles. The van der Waals surface area contributed by atoms with Crippen LogP contribution in [0.25, 0.3) is 0 Å². The van der Waals surface area contributed by atoms with Crippen molar-refractivity contribution in [1.29, 1.82) is 0 Å². The van der Waals surface area contributed by atoms with E-state index in [1.165, 1.54) is 38.5 Å². The van der Waals surface area contributed by atoms with Crippen molar-refractivity contribution in [2.75, 3.05) is 14.2 Å². The Morgan fingerprint density at radius 1 is 0.800 bits per heavy atom. The first-order chi connectivity index (χ1) is 12.0. The first kappa shape index (κ1) is 19.0. The SMILES string of the molecule is COC(=O)c1cc(O[B]Oc2ccc(Cl)c(C(=O)OC)c2)ccc1Cl. The predicted molar refractivity (Wildman–Crippen MR) is 92.6 cm³/mol. The van der Waals surface area contributed by atoms with Gasteiger partial charge >= 0.3 is 19.6 Å². The van der Waals surface area contributed by atoms with Crippen molar-refractivity contribution in [1.82, 2.24) is 0 Å². The smallest absolute Gasteiger partial charge is 0.526 e. The highest BCUT2D eigenvalue weighted by Gasteiger charge is 2.14. The Balaban J connectivity index is 2.04. The van der Waals surface area contributed by atoms with Gasteiger partial charge in [-0.3, -0.25) is 0 Å². The van der Waals surface area contributed by atoms with Gasteiger partial charge in [0, 0.05) is 0 Å². The average Bonchev–Trinajstić information content (AvgIpc) is 2.63. The van der Waals surface area contributed by atoms with Gasteiger partial charge in [-0.2, -0.15) is 0 Å². The lowest BCUT2D eigenvalue weighted by Gasteiger charge is -2.10. The van der Waals surface area contributed by atoms with E-state index in [9.17, 15) is 9.59 Å². The molecule has 0 N–H and O–H groups in total. The topological polar surface area (TPSA) is 71.1 Å². The molecule has 129 valence electrons. The monoisotopic (exact) mass is 381 g/mol. The normalized spacial score (nSPS) is 9.92. The minimum atomic E-state index is -0.586. The van der Waals surface area contributed by atoms with Crippen molar-refractivity contribution in [2.24, 2.45) is 0 Å². The number of carbonyl (C=O) groups excluding carboxylic acids is 2. The van der Waals surface area contributed by atoms with E-state index < -0.39 is 11.9 Å². The summed E-state index contributed by atoms with van der Waals surface area (Å²) in [5.74, 6) is -0.549. The second-order valence-corrected chi connectivity index (χ2v) is 5.41. The fourth-order valence-electron chi connectivity index (χ4n) is 1.82. The molecular formula is C16H12BCl2O6. The molecule has 1 radical (unpaired) electrons. The number of carbonyl (C=O) groups is 2. The number of methoxy groups -OCH3 is 2. The third-order valence-corrected chi connectivity index (χ3v) is 3.71. The lowest BCUT2D eigenvalue weighted by molar-refractivity contribution is 0.0592. The summed E-state index contributed by atoms with van der Waals surface area (Å²) in [6.07, 6.45) is 0. The van der Waals surface area contributed by atoms with Gasteiger partial charge in [-0.05, 0) is 36.4 Å². The van der Waals surface area contributed by atoms with Crippen LogP contribution in [0.1, 0.15) is 20.7 Å². The summed E-state index contributed by atoms with van der Waals surface area (Å²) in [4.78, 5) is 23.2. The van der Waals surface area contributed by atoms with E-state index in [-0.39, 0.29) is 21.2 Å². The Morgan fingerprint density at radius 2 is 1.20 bits per heavy atom. The fourth-order valence-corrected chi connectivity index (χ4v) is 2.21. The molecule has 0 heterocycles. The van der Waals surface area contributed by atoms with Crippen LogP contribution in [-0.4, -0.2) is 33.8 Å². The summed E-state index contributed by atoms with van der Waals surface area (Å²) in [6.45, 7) is 0. The van der Waals surface area contributed by atoms with Crippen molar-refractivity contribution in [3.63, 3.8) is 0 Å². The predicted octanol–water partition coefficient (Wildman–Crippen LogP) is 3.56. The molecule has 0 saturated carbocycles. The van der Waals surface area contributed by atoms with Crippen LogP contribution in [0.2, 0.25) is 10.0 Å². The summed E-state index contributed by atoms with van der Waals surface area (Å²) in [5, 5.41) is 0.473. The van der Waals surface area contributed by atoms with Crippen LogP contribution in [0.5, 0.6) is 11.5 Å².